The smallest absolute Gasteiger partial charge is 0.268 e. The van der Waals surface area contributed by atoms with Crippen LogP contribution in [-0.2, 0) is 4.79 Å². The third kappa shape index (κ3) is 3.60. The SMILES string of the molecule is CCN(C)c1nc(N)c(C(=O)N(C)CC(=O)N(C)C)s1. The Morgan fingerprint density at radius 2 is 1.85 bits per heavy atom. The molecule has 0 aliphatic carbocycles. The molecule has 2 amide bonds. The Kier molecular flexibility index (Phi) is 5.32. The quantitative estimate of drug-likeness (QED) is 0.848. The first kappa shape index (κ1) is 16.2. The number of carbonyl (C=O) groups excluding carboxylic acids is 2. The summed E-state index contributed by atoms with van der Waals surface area (Å²) in [5.74, 6) is -0.222. The fourth-order valence-corrected chi connectivity index (χ4v) is 2.37. The Bertz CT molecular complexity index is 500. The van der Waals surface area contributed by atoms with Gasteiger partial charge >= 0.3 is 0 Å². The summed E-state index contributed by atoms with van der Waals surface area (Å²) in [5.41, 5.74) is 5.79. The minimum Gasteiger partial charge on any atom is -0.382 e. The van der Waals surface area contributed by atoms with E-state index in [0.717, 1.165) is 6.54 Å². The normalized spacial score (nSPS) is 10.2. The van der Waals surface area contributed by atoms with Gasteiger partial charge in [0.05, 0.1) is 6.54 Å². The second-order valence-electron chi connectivity index (χ2n) is 4.67. The summed E-state index contributed by atoms with van der Waals surface area (Å²) in [5, 5.41) is 0.695. The van der Waals surface area contributed by atoms with Crippen LogP contribution < -0.4 is 10.6 Å². The summed E-state index contributed by atoms with van der Waals surface area (Å²) in [6, 6.07) is 0. The molecule has 1 aromatic rings. The van der Waals surface area contributed by atoms with Gasteiger partial charge in [-0.3, -0.25) is 9.59 Å². The predicted octanol–water partition coefficient (Wildman–Crippen LogP) is 0.342. The number of rotatable bonds is 5. The molecule has 0 saturated carbocycles. The zero-order chi connectivity index (χ0) is 15.4. The number of amides is 2. The van der Waals surface area contributed by atoms with Gasteiger partial charge in [-0.15, -0.1) is 0 Å². The van der Waals surface area contributed by atoms with Gasteiger partial charge in [-0.25, -0.2) is 4.98 Å². The van der Waals surface area contributed by atoms with Crippen LogP contribution in [-0.4, -0.2) is 67.9 Å². The number of carbonyl (C=O) groups is 2. The van der Waals surface area contributed by atoms with Crippen LogP contribution in [0, 0.1) is 0 Å². The van der Waals surface area contributed by atoms with Gasteiger partial charge in [-0.2, -0.15) is 0 Å². The van der Waals surface area contributed by atoms with Crippen LogP contribution in [0.4, 0.5) is 10.9 Å². The fraction of sp³-hybridized carbons (Fsp3) is 0.583. The Labute approximate surface area is 123 Å². The second kappa shape index (κ2) is 6.56. The van der Waals surface area contributed by atoms with Crippen molar-refractivity contribution >= 4 is 34.1 Å². The van der Waals surface area contributed by atoms with E-state index in [2.05, 4.69) is 4.98 Å². The molecule has 1 heterocycles. The Balaban J connectivity index is 2.86. The van der Waals surface area contributed by atoms with E-state index in [-0.39, 0.29) is 24.2 Å². The summed E-state index contributed by atoms with van der Waals surface area (Å²) >= 11 is 1.24. The summed E-state index contributed by atoms with van der Waals surface area (Å²) in [7, 11) is 6.75. The highest BCUT2D eigenvalue weighted by atomic mass is 32.1. The summed E-state index contributed by atoms with van der Waals surface area (Å²) in [6.07, 6.45) is 0. The van der Waals surface area contributed by atoms with Crippen LogP contribution in [0.2, 0.25) is 0 Å². The molecule has 0 unspecified atom stereocenters. The van der Waals surface area contributed by atoms with Crippen LogP contribution in [0.25, 0.3) is 0 Å². The molecule has 0 bridgehead atoms. The predicted molar refractivity (Wildman–Crippen MR) is 81.1 cm³/mol. The Hall–Kier alpha value is -1.83. The van der Waals surface area contributed by atoms with Crippen molar-refractivity contribution < 1.29 is 9.59 Å². The molecule has 0 fully saturated rings. The zero-order valence-corrected chi connectivity index (χ0v) is 13.3. The lowest BCUT2D eigenvalue weighted by Gasteiger charge is -2.18. The first-order chi connectivity index (χ1) is 9.27. The first-order valence-corrected chi connectivity index (χ1v) is 7.02. The Morgan fingerprint density at radius 1 is 1.25 bits per heavy atom. The molecule has 0 radical (unpaired) electrons. The lowest BCUT2D eigenvalue weighted by atomic mass is 10.4. The van der Waals surface area contributed by atoms with Gasteiger partial charge in [0.2, 0.25) is 5.91 Å². The van der Waals surface area contributed by atoms with Gasteiger partial charge in [0, 0.05) is 34.7 Å². The van der Waals surface area contributed by atoms with Crippen molar-refractivity contribution in [2.75, 3.05) is 51.9 Å². The number of nitrogens with two attached hydrogens (primary N) is 1. The second-order valence-corrected chi connectivity index (χ2v) is 5.65. The molecule has 1 aromatic heterocycles. The van der Waals surface area contributed by atoms with E-state index in [1.54, 1.807) is 21.1 Å². The fourth-order valence-electron chi connectivity index (χ4n) is 1.36. The monoisotopic (exact) mass is 299 g/mol. The number of likely N-dealkylation sites (N-methyl/N-ethyl adjacent to an activating group) is 2. The topological polar surface area (TPSA) is 82.8 Å². The highest BCUT2D eigenvalue weighted by Gasteiger charge is 2.22. The molecule has 0 spiro atoms. The van der Waals surface area contributed by atoms with Crippen molar-refractivity contribution in [1.29, 1.82) is 0 Å². The molecule has 8 heteroatoms. The average Bonchev–Trinajstić information content (AvgIpc) is 2.78. The average molecular weight is 299 g/mol. The number of hydrogen-bond acceptors (Lipinski definition) is 6. The van der Waals surface area contributed by atoms with Gasteiger partial charge in [-0.05, 0) is 6.92 Å². The minimum absolute atomic E-state index is 0.0160. The van der Waals surface area contributed by atoms with Crippen LogP contribution in [0.3, 0.4) is 0 Å². The van der Waals surface area contributed by atoms with Crippen molar-refractivity contribution in [1.82, 2.24) is 14.8 Å². The van der Waals surface area contributed by atoms with Crippen molar-refractivity contribution in [2.45, 2.75) is 6.92 Å². The van der Waals surface area contributed by atoms with Crippen molar-refractivity contribution in [3.05, 3.63) is 4.88 Å². The number of hydrogen-bond donors (Lipinski definition) is 1. The molecule has 0 aliphatic rings. The molecular formula is C12H21N5O2S. The van der Waals surface area contributed by atoms with Crippen LogP contribution in [0.15, 0.2) is 0 Å². The minimum atomic E-state index is -0.286. The molecule has 0 aromatic carbocycles. The third-order valence-corrected chi connectivity index (χ3v) is 4.03. The number of thiazole rings is 1. The largest absolute Gasteiger partial charge is 0.382 e. The first-order valence-electron chi connectivity index (χ1n) is 6.21. The summed E-state index contributed by atoms with van der Waals surface area (Å²) in [4.78, 5) is 33.1. The van der Waals surface area contributed by atoms with Gasteiger partial charge < -0.3 is 20.4 Å². The van der Waals surface area contributed by atoms with E-state index in [4.69, 9.17) is 5.73 Å². The van der Waals surface area contributed by atoms with Crippen molar-refractivity contribution in [3.63, 3.8) is 0 Å². The van der Waals surface area contributed by atoms with Crippen molar-refractivity contribution in [3.8, 4) is 0 Å². The van der Waals surface area contributed by atoms with E-state index in [0.29, 0.717) is 10.0 Å². The zero-order valence-electron chi connectivity index (χ0n) is 12.5. The summed E-state index contributed by atoms with van der Waals surface area (Å²) < 4.78 is 0. The van der Waals surface area contributed by atoms with E-state index >= 15 is 0 Å². The lowest BCUT2D eigenvalue weighted by molar-refractivity contribution is -0.129. The number of anilines is 2. The van der Waals surface area contributed by atoms with E-state index < -0.39 is 0 Å². The molecule has 0 atom stereocenters. The van der Waals surface area contributed by atoms with Gasteiger partial charge in [0.1, 0.15) is 10.7 Å². The molecule has 7 nitrogen and oxygen atoms in total. The highest BCUT2D eigenvalue weighted by Crippen LogP contribution is 2.28. The number of nitrogens with zero attached hydrogens (tertiary/aromatic N) is 4. The number of aromatic nitrogens is 1. The van der Waals surface area contributed by atoms with Crippen molar-refractivity contribution in [2.24, 2.45) is 0 Å². The Morgan fingerprint density at radius 3 is 2.35 bits per heavy atom. The van der Waals surface area contributed by atoms with E-state index in [1.165, 1.54) is 21.1 Å². The van der Waals surface area contributed by atoms with Crippen LogP contribution >= 0.6 is 11.3 Å². The highest BCUT2D eigenvalue weighted by molar-refractivity contribution is 7.18. The molecule has 2 N–H and O–H groups in total. The van der Waals surface area contributed by atoms with Crippen LogP contribution in [0.1, 0.15) is 16.6 Å². The molecule has 1 rings (SSSR count). The maximum atomic E-state index is 12.3. The maximum absolute atomic E-state index is 12.3. The molecular weight excluding hydrogens is 278 g/mol. The molecule has 0 saturated heterocycles. The van der Waals surface area contributed by atoms with Gasteiger partial charge in [0.25, 0.3) is 5.91 Å². The van der Waals surface area contributed by atoms with Gasteiger partial charge in [-0.1, -0.05) is 11.3 Å². The van der Waals surface area contributed by atoms with E-state index in [1.807, 2.05) is 18.9 Å². The lowest BCUT2D eigenvalue weighted by Crippen LogP contribution is -2.37. The third-order valence-electron chi connectivity index (χ3n) is 2.86. The van der Waals surface area contributed by atoms with E-state index in [9.17, 15) is 9.59 Å². The molecule has 0 aliphatic heterocycles. The molecule has 112 valence electrons. The summed E-state index contributed by atoms with van der Waals surface area (Å²) in [6.45, 7) is 2.78. The van der Waals surface area contributed by atoms with Crippen LogP contribution in [0.5, 0.6) is 0 Å². The van der Waals surface area contributed by atoms with Gasteiger partial charge in [0.15, 0.2) is 5.13 Å². The maximum Gasteiger partial charge on any atom is 0.268 e. The molecule has 20 heavy (non-hydrogen) atoms. The number of nitrogen functional groups attached to an aromatic ring is 1. The standard InChI is InChI=1S/C12H21N5O2S/c1-6-16(4)12-14-10(13)9(20-12)11(19)17(5)7-8(18)15(2)3/h6-7,13H2,1-5H3.